The predicted octanol–water partition coefficient (Wildman–Crippen LogP) is 1.97. The minimum Gasteiger partial charge on any atom is -0.477 e. The number of rotatable bonds is 3. The number of aryl methyl sites for hydroxylation is 1. The highest BCUT2D eigenvalue weighted by Crippen LogP contribution is 2.26. The van der Waals surface area contributed by atoms with E-state index in [1.807, 2.05) is 5.38 Å². The third-order valence-corrected chi connectivity index (χ3v) is 4.85. The SMILES string of the molecule is Cc1c(C(=O)O)sc2ncn(Cc3nccs3)c(=O)c12. The predicted molar refractivity (Wildman–Crippen MR) is 76.8 cm³/mol. The number of hydrogen-bond acceptors (Lipinski definition) is 6. The van der Waals surface area contributed by atoms with Crippen LogP contribution < -0.4 is 5.56 Å². The summed E-state index contributed by atoms with van der Waals surface area (Å²) in [6.45, 7) is 1.98. The van der Waals surface area contributed by atoms with Gasteiger partial charge in [0.05, 0.1) is 18.3 Å². The van der Waals surface area contributed by atoms with E-state index in [4.69, 9.17) is 5.11 Å². The van der Waals surface area contributed by atoms with Gasteiger partial charge >= 0.3 is 5.97 Å². The molecule has 1 N–H and O–H groups in total. The van der Waals surface area contributed by atoms with Gasteiger partial charge in [0, 0.05) is 11.6 Å². The van der Waals surface area contributed by atoms with Gasteiger partial charge in [-0.05, 0) is 12.5 Å². The first-order valence-corrected chi connectivity index (χ1v) is 7.37. The van der Waals surface area contributed by atoms with Gasteiger partial charge in [-0.3, -0.25) is 9.36 Å². The number of fused-ring (bicyclic) bond motifs is 1. The van der Waals surface area contributed by atoms with Crippen LogP contribution in [0.15, 0.2) is 22.7 Å². The molecular formula is C12H9N3O3S2. The van der Waals surface area contributed by atoms with Crippen LogP contribution in [0.5, 0.6) is 0 Å². The molecule has 102 valence electrons. The van der Waals surface area contributed by atoms with Gasteiger partial charge < -0.3 is 5.11 Å². The van der Waals surface area contributed by atoms with Crippen LogP contribution in [-0.2, 0) is 6.54 Å². The summed E-state index contributed by atoms with van der Waals surface area (Å²) in [7, 11) is 0. The number of thiophene rings is 1. The van der Waals surface area contributed by atoms with Gasteiger partial charge in [0.15, 0.2) is 0 Å². The van der Waals surface area contributed by atoms with Crippen LogP contribution in [0, 0.1) is 6.92 Å². The largest absolute Gasteiger partial charge is 0.477 e. The van der Waals surface area contributed by atoms with E-state index in [0.717, 1.165) is 16.3 Å². The molecule has 0 aliphatic carbocycles. The summed E-state index contributed by atoms with van der Waals surface area (Å²) in [6, 6.07) is 0. The molecule has 0 fully saturated rings. The van der Waals surface area contributed by atoms with Gasteiger partial charge in [0.1, 0.15) is 14.7 Å². The number of carboxylic acids is 1. The number of carbonyl (C=O) groups is 1. The molecule has 3 aromatic rings. The number of nitrogens with zero attached hydrogens (tertiary/aromatic N) is 3. The molecule has 0 aromatic carbocycles. The molecule has 0 saturated heterocycles. The molecule has 0 radical (unpaired) electrons. The Kier molecular flexibility index (Phi) is 3.11. The molecule has 8 heteroatoms. The highest BCUT2D eigenvalue weighted by molar-refractivity contribution is 7.20. The normalized spacial score (nSPS) is 11.1. The first-order chi connectivity index (χ1) is 9.58. The number of aromatic nitrogens is 3. The molecule has 0 aliphatic rings. The van der Waals surface area contributed by atoms with Gasteiger partial charge in [-0.1, -0.05) is 0 Å². The van der Waals surface area contributed by atoms with Crippen molar-refractivity contribution in [2.45, 2.75) is 13.5 Å². The summed E-state index contributed by atoms with van der Waals surface area (Å²) < 4.78 is 1.45. The van der Waals surface area contributed by atoms with E-state index in [0.29, 0.717) is 22.3 Å². The first kappa shape index (κ1) is 12.9. The maximum Gasteiger partial charge on any atom is 0.346 e. The fourth-order valence-corrected chi connectivity index (χ4v) is 3.54. The molecule has 3 rings (SSSR count). The molecule has 3 heterocycles. The van der Waals surface area contributed by atoms with E-state index in [9.17, 15) is 9.59 Å². The van der Waals surface area contributed by atoms with Crippen LogP contribution in [0.25, 0.3) is 10.2 Å². The van der Waals surface area contributed by atoms with Gasteiger partial charge in [0.2, 0.25) is 0 Å². The molecule has 0 aliphatic heterocycles. The molecule has 0 saturated carbocycles. The minimum atomic E-state index is -1.03. The van der Waals surface area contributed by atoms with Crippen molar-refractivity contribution in [3.8, 4) is 0 Å². The lowest BCUT2D eigenvalue weighted by molar-refractivity contribution is 0.0701. The molecule has 0 bridgehead atoms. The van der Waals surface area contributed by atoms with Crippen LogP contribution in [0.1, 0.15) is 20.2 Å². The van der Waals surface area contributed by atoms with E-state index in [-0.39, 0.29) is 10.4 Å². The maximum absolute atomic E-state index is 12.4. The van der Waals surface area contributed by atoms with E-state index in [2.05, 4.69) is 9.97 Å². The minimum absolute atomic E-state index is 0.164. The Morgan fingerprint density at radius 2 is 2.25 bits per heavy atom. The fraction of sp³-hybridized carbons (Fsp3) is 0.167. The topological polar surface area (TPSA) is 85.1 Å². The Labute approximate surface area is 121 Å². The van der Waals surface area contributed by atoms with Gasteiger partial charge in [-0.2, -0.15) is 0 Å². The van der Waals surface area contributed by atoms with Crippen LogP contribution in [0.4, 0.5) is 0 Å². The number of carboxylic acid groups (broad SMARTS) is 1. The van der Waals surface area contributed by atoms with Crippen molar-refractivity contribution in [1.29, 1.82) is 0 Å². The lowest BCUT2D eigenvalue weighted by atomic mass is 10.2. The molecule has 0 amide bonds. The van der Waals surface area contributed by atoms with Crippen LogP contribution in [0.2, 0.25) is 0 Å². The third kappa shape index (κ3) is 2.02. The third-order valence-electron chi connectivity index (χ3n) is 2.90. The van der Waals surface area contributed by atoms with Crippen molar-refractivity contribution in [2.24, 2.45) is 0 Å². The zero-order valence-electron chi connectivity index (χ0n) is 10.4. The molecular weight excluding hydrogens is 298 g/mol. The molecule has 3 aromatic heterocycles. The summed E-state index contributed by atoms with van der Waals surface area (Å²) in [5.74, 6) is -1.03. The van der Waals surface area contributed by atoms with Crippen LogP contribution in [-0.4, -0.2) is 25.6 Å². The van der Waals surface area contributed by atoms with E-state index < -0.39 is 5.97 Å². The van der Waals surface area contributed by atoms with Crippen molar-refractivity contribution in [2.75, 3.05) is 0 Å². The summed E-state index contributed by atoms with van der Waals surface area (Å²) in [5, 5.41) is 12.1. The standard InChI is InChI=1S/C12H9N3O3S2/c1-6-8-10(20-9(6)12(17)18)14-5-15(11(8)16)4-7-13-2-3-19-7/h2-3,5H,4H2,1H3,(H,17,18). The summed E-state index contributed by atoms with van der Waals surface area (Å²) in [4.78, 5) is 32.5. The number of aromatic carboxylic acids is 1. The smallest absolute Gasteiger partial charge is 0.346 e. The second-order valence-corrected chi connectivity index (χ2v) is 6.12. The number of thiazole rings is 1. The van der Waals surface area contributed by atoms with E-state index >= 15 is 0 Å². The average molecular weight is 307 g/mol. The Morgan fingerprint density at radius 3 is 2.90 bits per heavy atom. The zero-order chi connectivity index (χ0) is 14.3. The summed E-state index contributed by atoms with van der Waals surface area (Å²) in [5.41, 5.74) is 0.245. The summed E-state index contributed by atoms with van der Waals surface area (Å²) >= 11 is 2.48. The van der Waals surface area contributed by atoms with E-state index in [1.54, 1.807) is 13.1 Å². The molecule has 0 atom stereocenters. The molecule has 0 unspecified atom stereocenters. The quantitative estimate of drug-likeness (QED) is 0.799. The summed E-state index contributed by atoms with van der Waals surface area (Å²) in [6.07, 6.45) is 3.11. The Bertz CT molecular complexity index is 849. The monoisotopic (exact) mass is 307 g/mol. The van der Waals surface area contributed by atoms with Crippen molar-refractivity contribution < 1.29 is 9.90 Å². The van der Waals surface area contributed by atoms with Crippen LogP contribution in [0.3, 0.4) is 0 Å². The highest BCUT2D eigenvalue weighted by atomic mass is 32.1. The lowest BCUT2D eigenvalue weighted by Gasteiger charge is -2.02. The Morgan fingerprint density at radius 1 is 1.45 bits per heavy atom. The van der Waals surface area contributed by atoms with Gasteiger partial charge in [-0.25, -0.2) is 14.8 Å². The zero-order valence-corrected chi connectivity index (χ0v) is 12.0. The van der Waals surface area contributed by atoms with E-state index in [1.165, 1.54) is 22.2 Å². The van der Waals surface area contributed by atoms with Gasteiger partial charge in [-0.15, -0.1) is 22.7 Å². The highest BCUT2D eigenvalue weighted by Gasteiger charge is 2.18. The lowest BCUT2D eigenvalue weighted by Crippen LogP contribution is -2.21. The van der Waals surface area contributed by atoms with Crippen molar-refractivity contribution in [3.05, 3.63) is 43.7 Å². The maximum atomic E-state index is 12.4. The van der Waals surface area contributed by atoms with Crippen molar-refractivity contribution in [1.82, 2.24) is 14.5 Å². The van der Waals surface area contributed by atoms with Crippen LogP contribution >= 0.6 is 22.7 Å². The molecule has 20 heavy (non-hydrogen) atoms. The molecule has 0 spiro atoms. The second kappa shape index (κ2) is 4.80. The van der Waals surface area contributed by atoms with Crippen molar-refractivity contribution in [3.63, 3.8) is 0 Å². The second-order valence-electron chi connectivity index (χ2n) is 4.14. The molecule has 6 nitrogen and oxygen atoms in total. The average Bonchev–Trinajstić information content (AvgIpc) is 3.01. The van der Waals surface area contributed by atoms with Gasteiger partial charge in [0.25, 0.3) is 5.56 Å². The Hall–Kier alpha value is -2.06. The van der Waals surface area contributed by atoms with Crippen molar-refractivity contribution >= 4 is 38.9 Å². The first-order valence-electron chi connectivity index (χ1n) is 5.68. The number of hydrogen-bond donors (Lipinski definition) is 1. The Balaban J connectivity index is 2.17. The fourth-order valence-electron chi connectivity index (χ4n) is 1.95.